The quantitative estimate of drug-likeness (QED) is 0.664. The highest BCUT2D eigenvalue weighted by molar-refractivity contribution is 6.33. The van der Waals surface area contributed by atoms with Crippen LogP contribution in [0.3, 0.4) is 0 Å². The van der Waals surface area contributed by atoms with Gasteiger partial charge in [-0.05, 0) is 17.7 Å². The zero-order chi connectivity index (χ0) is 19.3. The van der Waals surface area contributed by atoms with Gasteiger partial charge in [-0.2, -0.15) is 5.10 Å². The van der Waals surface area contributed by atoms with Crippen molar-refractivity contribution in [2.75, 3.05) is 31.1 Å². The fourth-order valence-electron chi connectivity index (χ4n) is 3.41. The van der Waals surface area contributed by atoms with Crippen molar-refractivity contribution >= 4 is 17.3 Å². The zero-order valence-corrected chi connectivity index (χ0v) is 16.3. The van der Waals surface area contributed by atoms with Crippen molar-refractivity contribution in [2.45, 2.75) is 13.1 Å². The van der Waals surface area contributed by atoms with E-state index < -0.39 is 0 Å². The number of halogens is 1. The fraction of sp³-hybridized carbons (Fsp3) is 0.286. The molecule has 7 heteroatoms. The summed E-state index contributed by atoms with van der Waals surface area (Å²) in [5, 5.41) is 4.59. The highest BCUT2D eigenvalue weighted by Crippen LogP contribution is 2.22. The average Bonchev–Trinajstić information content (AvgIpc) is 2.74. The maximum atomic E-state index is 12.7. The maximum absolute atomic E-state index is 12.7. The van der Waals surface area contributed by atoms with Gasteiger partial charge in [-0.25, -0.2) is 4.68 Å². The number of piperazine rings is 1. The van der Waals surface area contributed by atoms with E-state index in [0.29, 0.717) is 12.2 Å². The van der Waals surface area contributed by atoms with E-state index in [1.54, 1.807) is 6.20 Å². The van der Waals surface area contributed by atoms with E-state index in [1.165, 1.54) is 4.68 Å². The van der Waals surface area contributed by atoms with Crippen LogP contribution in [-0.2, 0) is 13.1 Å². The number of nitrogens with zero attached hydrogens (tertiary/aromatic N) is 5. The van der Waals surface area contributed by atoms with Crippen LogP contribution in [0.4, 0.5) is 5.69 Å². The second kappa shape index (κ2) is 8.54. The monoisotopic (exact) mass is 395 g/mol. The molecule has 0 spiro atoms. The Hall–Kier alpha value is -2.70. The highest BCUT2D eigenvalue weighted by Gasteiger charge is 2.21. The molecule has 6 nitrogen and oxygen atoms in total. The second-order valence-electron chi connectivity index (χ2n) is 6.88. The van der Waals surface area contributed by atoms with Gasteiger partial charge < -0.3 is 4.90 Å². The van der Waals surface area contributed by atoms with E-state index in [0.717, 1.165) is 44.0 Å². The lowest BCUT2D eigenvalue weighted by Crippen LogP contribution is -2.46. The van der Waals surface area contributed by atoms with E-state index in [-0.39, 0.29) is 10.6 Å². The molecular formula is C21H22ClN5O. The van der Waals surface area contributed by atoms with Crippen molar-refractivity contribution in [1.82, 2.24) is 19.7 Å². The molecule has 3 aromatic rings. The normalized spacial score (nSPS) is 15.0. The molecule has 0 aliphatic carbocycles. The molecule has 1 fully saturated rings. The summed E-state index contributed by atoms with van der Waals surface area (Å²) in [4.78, 5) is 21.5. The van der Waals surface area contributed by atoms with E-state index in [2.05, 4.69) is 19.9 Å². The number of benzene rings is 1. The van der Waals surface area contributed by atoms with Crippen molar-refractivity contribution in [3.8, 4) is 0 Å². The Morgan fingerprint density at radius 3 is 2.39 bits per heavy atom. The number of hydrogen-bond acceptors (Lipinski definition) is 5. The minimum Gasteiger partial charge on any atom is -0.366 e. The molecule has 0 amide bonds. The van der Waals surface area contributed by atoms with Crippen LogP contribution in [0.1, 0.15) is 11.3 Å². The molecule has 4 rings (SSSR count). The third-order valence-electron chi connectivity index (χ3n) is 4.97. The molecule has 0 saturated carbocycles. The summed E-state index contributed by atoms with van der Waals surface area (Å²) in [6.07, 6.45) is 3.53. The van der Waals surface area contributed by atoms with Gasteiger partial charge in [0.15, 0.2) is 0 Å². The molecular weight excluding hydrogens is 374 g/mol. The predicted octanol–water partition coefficient (Wildman–Crippen LogP) is 2.66. The molecule has 1 aliphatic rings. The standard InChI is InChI=1S/C21H22ClN5O/c22-20-19(14-24-27(21(20)28)15-17-6-2-1-3-7-17)26-12-10-25(11-13-26)16-18-8-4-5-9-23-18/h1-9,14H,10-13,15-16H2. The molecule has 0 unspecified atom stereocenters. The van der Waals surface area contributed by atoms with Crippen molar-refractivity contribution in [3.05, 3.63) is 87.6 Å². The topological polar surface area (TPSA) is 54.3 Å². The van der Waals surface area contributed by atoms with Gasteiger partial charge in [-0.15, -0.1) is 0 Å². The van der Waals surface area contributed by atoms with Crippen molar-refractivity contribution in [2.24, 2.45) is 0 Å². The fourth-order valence-corrected chi connectivity index (χ4v) is 3.68. The number of aromatic nitrogens is 3. The third kappa shape index (κ3) is 4.24. The van der Waals surface area contributed by atoms with Crippen LogP contribution < -0.4 is 10.5 Å². The van der Waals surface area contributed by atoms with E-state index in [4.69, 9.17) is 11.6 Å². The summed E-state index contributed by atoms with van der Waals surface area (Å²) in [6, 6.07) is 15.8. The van der Waals surface area contributed by atoms with Crippen LogP contribution in [0.25, 0.3) is 0 Å². The van der Waals surface area contributed by atoms with Crippen LogP contribution in [0, 0.1) is 0 Å². The van der Waals surface area contributed by atoms with Gasteiger partial charge in [0.2, 0.25) is 0 Å². The summed E-state index contributed by atoms with van der Waals surface area (Å²) in [7, 11) is 0. The summed E-state index contributed by atoms with van der Waals surface area (Å²) < 4.78 is 1.42. The largest absolute Gasteiger partial charge is 0.366 e. The molecule has 3 heterocycles. The third-order valence-corrected chi connectivity index (χ3v) is 5.32. The van der Waals surface area contributed by atoms with E-state index in [9.17, 15) is 4.79 Å². The maximum Gasteiger partial charge on any atom is 0.287 e. The Bertz CT molecular complexity index is 969. The van der Waals surface area contributed by atoms with E-state index in [1.807, 2.05) is 54.7 Å². The first kappa shape index (κ1) is 18.7. The van der Waals surface area contributed by atoms with E-state index >= 15 is 0 Å². The van der Waals surface area contributed by atoms with Crippen molar-refractivity contribution in [1.29, 1.82) is 0 Å². The Balaban J connectivity index is 1.42. The van der Waals surface area contributed by atoms with Gasteiger partial charge >= 0.3 is 0 Å². The summed E-state index contributed by atoms with van der Waals surface area (Å²) >= 11 is 6.43. The molecule has 1 aromatic carbocycles. The summed E-state index contributed by atoms with van der Waals surface area (Å²) in [6.45, 7) is 4.63. The lowest BCUT2D eigenvalue weighted by Gasteiger charge is -2.36. The molecule has 28 heavy (non-hydrogen) atoms. The zero-order valence-electron chi connectivity index (χ0n) is 15.5. The molecule has 1 aliphatic heterocycles. The van der Waals surface area contributed by atoms with Crippen LogP contribution >= 0.6 is 11.6 Å². The molecule has 0 N–H and O–H groups in total. The predicted molar refractivity (Wildman–Crippen MR) is 111 cm³/mol. The Kier molecular flexibility index (Phi) is 5.69. The Morgan fingerprint density at radius 2 is 1.68 bits per heavy atom. The number of rotatable bonds is 5. The number of anilines is 1. The summed E-state index contributed by atoms with van der Waals surface area (Å²) in [5.41, 5.74) is 2.55. The van der Waals surface area contributed by atoms with Crippen LogP contribution in [0.2, 0.25) is 5.02 Å². The van der Waals surface area contributed by atoms with Crippen molar-refractivity contribution in [3.63, 3.8) is 0 Å². The summed E-state index contributed by atoms with van der Waals surface area (Å²) in [5.74, 6) is 0. The van der Waals surface area contributed by atoms with Gasteiger partial charge in [0.05, 0.1) is 24.1 Å². The van der Waals surface area contributed by atoms with Gasteiger partial charge in [0, 0.05) is 38.9 Å². The van der Waals surface area contributed by atoms with Crippen LogP contribution in [0.5, 0.6) is 0 Å². The molecule has 1 saturated heterocycles. The van der Waals surface area contributed by atoms with Gasteiger partial charge in [-0.3, -0.25) is 14.7 Å². The molecule has 144 valence electrons. The second-order valence-corrected chi connectivity index (χ2v) is 7.25. The lowest BCUT2D eigenvalue weighted by atomic mass is 10.2. The molecule has 2 aromatic heterocycles. The van der Waals surface area contributed by atoms with Crippen LogP contribution in [-0.4, -0.2) is 45.8 Å². The van der Waals surface area contributed by atoms with Crippen molar-refractivity contribution < 1.29 is 0 Å². The van der Waals surface area contributed by atoms with Gasteiger partial charge in [0.25, 0.3) is 5.56 Å². The van der Waals surface area contributed by atoms with Crippen LogP contribution in [0.15, 0.2) is 65.7 Å². The molecule has 0 radical (unpaired) electrons. The van der Waals surface area contributed by atoms with Gasteiger partial charge in [0.1, 0.15) is 5.02 Å². The Labute approximate surface area is 169 Å². The Morgan fingerprint density at radius 1 is 0.929 bits per heavy atom. The molecule has 0 bridgehead atoms. The first-order valence-corrected chi connectivity index (χ1v) is 9.75. The lowest BCUT2D eigenvalue weighted by molar-refractivity contribution is 0.247. The minimum atomic E-state index is -0.251. The first-order chi connectivity index (χ1) is 13.7. The molecule has 0 atom stereocenters. The highest BCUT2D eigenvalue weighted by atomic mass is 35.5. The smallest absolute Gasteiger partial charge is 0.287 e. The SMILES string of the molecule is O=c1c(Cl)c(N2CCN(Cc3ccccn3)CC2)cnn1Cc1ccccc1. The minimum absolute atomic E-state index is 0.240. The average molecular weight is 396 g/mol. The number of hydrogen-bond donors (Lipinski definition) is 0. The van der Waals surface area contributed by atoms with Gasteiger partial charge in [-0.1, -0.05) is 48.0 Å². The number of pyridine rings is 1. The first-order valence-electron chi connectivity index (χ1n) is 9.37.